The lowest BCUT2D eigenvalue weighted by molar-refractivity contribution is -0.128. The molecule has 6 heteroatoms. The molecule has 0 aliphatic heterocycles. The monoisotopic (exact) mass is 422 g/mol. The van der Waals surface area contributed by atoms with Crippen LogP contribution in [0, 0.1) is 0 Å². The summed E-state index contributed by atoms with van der Waals surface area (Å²) in [5.41, 5.74) is 0.622. The maximum Gasteiger partial charge on any atom is 0.267 e. The Morgan fingerprint density at radius 1 is 0.900 bits per heavy atom. The third-order valence-corrected chi connectivity index (χ3v) is 4.70. The Balaban J connectivity index is 1.69. The van der Waals surface area contributed by atoms with Gasteiger partial charge < -0.3 is 15.4 Å². The van der Waals surface area contributed by atoms with Crippen LogP contribution >= 0.6 is 11.6 Å². The molecule has 0 aliphatic carbocycles. The van der Waals surface area contributed by atoms with Crippen LogP contribution in [0.2, 0.25) is 5.02 Å². The van der Waals surface area contributed by atoms with E-state index in [1.165, 1.54) is 0 Å². The molecule has 0 radical (unpaired) electrons. The first-order valence-electron chi connectivity index (χ1n) is 9.52. The number of nitrogens with one attached hydrogen (secondary N) is 2. The van der Waals surface area contributed by atoms with Gasteiger partial charge in [-0.1, -0.05) is 54.1 Å². The molecule has 0 spiro atoms. The molecule has 0 unspecified atom stereocenters. The lowest BCUT2D eigenvalue weighted by Crippen LogP contribution is -2.43. The summed E-state index contributed by atoms with van der Waals surface area (Å²) in [6.07, 6.45) is 0. The second kappa shape index (κ2) is 9.46. The third kappa shape index (κ3) is 5.61. The number of halogens is 1. The van der Waals surface area contributed by atoms with Crippen molar-refractivity contribution in [1.82, 2.24) is 5.32 Å². The summed E-state index contributed by atoms with van der Waals surface area (Å²) < 4.78 is 5.83. The molecule has 3 rings (SSSR count). The van der Waals surface area contributed by atoms with E-state index < -0.39 is 5.60 Å². The van der Waals surface area contributed by atoms with Gasteiger partial charge in [0.1, 0.15) is 5.75 Å². The van der Waals surface area contributed by atoms with Crippen LogP contribution in [0.4, 0.5) is 5.69 Å². The zero-order chi connectivity index (χ0) is 21.6. The van der Waals surface area contributed by atoms with Crippen LogP contribution < -0.4 is 15.4 Å². The van der Waals surface area contributed by atoms with Crippen LogP contribution in [-0.4, -0.2) is 17.4 Å². The van der Waals surface area contributed by atoms with E-state index >= 15 is 0 Å². The quantitative estimate of drug-likeness (QED) is 0.558. The molecular weight excluding hydrogens is 400 g/mol. The lowest BCUT2D eigenvalue weighted by Gasteiger charge is -2.26. The second-order valence-electron chi connectivity index (χ2n) is 7.23. The Hall–Kier alpha value is -3.31. The van der Waals surface area contributed by atoms with Crippen molar-refractivity contribution in [3.63, 3.8) is 0 Å². The van der Waals surface area contributed by atoms with E-state index in [1.54, 1.807) is 62.4 Å². The number of rotatable bonds is 7. The highest BCUT2D eigenvalue weighted by Crippen LogP contribution is 2.23. The van der Waals surface area contributed by atoms with Gasteiger partial charge in [-0.05, 0) is 55.8 Å². The van der Waals surface area contributed by atoms with E-state index in [1.807, 2.05) is 30.3 Å². The van der Waals surface area contributed by atoms with E-state index in [9.17, 15) is 9.59 Å². The summed E-state index contributed by atoms with van der Waals surface area (Å²) in [6.45, 7) is 3.72. The van der Waals surface area contributed by atoms with Crippen molar-refractivity contribution in [3.8, 4) is 5.75 Å². The van der Waals surface area contributed by atoms with Crippen LogP contribution in [-0.2, 0) is 11.3 Å². The predicted octanol–water partition coefficient (Wildman–Crippen LogP) is 5.07. The fourth-order valence-electron chi connectivity index (χ4n) is 2.78. The fraction of sp³-hybridized carbons (Fsp3) is 0.167. The summed E-state index contributed by atoms with van der Waals surface area (Å²) in [7, 11) is 0. The molecule has 0 atom stereocenters. The van der Waals surface area contributed by atoms with Crippen LogP contribution in [0.25, 0.3) is 0 Å². The first-order chi connectivity index (χ1) is 14.3. The standard InChI is InChI=1S/C24H23ClN2O3/c1-24(2,30-19-14-12-18(25)13-15-19)23(29)27-21-11-7-6-10-20(21)22(28)26-16-17-8-4-3-5-9-17/h3-15H,16H2,1-2H3,(H,26,28)(H,27,29). The number of para-hydroxylation sites is 1. The molecule has 0 saturated carbocycles. The average molecular weight is 423 g/mol. The molecule has 0 heterocycles. The molecule has 3 aromatic rings. The smallest absolute Gasteiger partial charge is 0.267 e. The van der Waals surface area contributed by atoms with E-state index in [-0.39, 0.29) is 11.8 Å². The highest BCUT2D eigenvalue weighted by molar-refractivity contribution is 6.30. The van der Waals surface area contributed by atoms with Gasteiger partial charge in [-0.25, -0.2) is 0 Å². The third-order valence-electron chi connectivity index (χ3n) is 4.45. The summed E-state index contributed by atoms with van der Waals surface area (Å²) >= 11 is 5.89. The van der Waals surface area contributed by atoms with Gasteiger partial charge in [-0.2, -0.15) is 0 Å². The molecule has 2 amide bonds. The van der Waals surface area contributed by atoms with Crippen molar-refractivity contribution >= 4 is 29.1 Å². The Morgan fingerprint density at radius 3 is 2.23 bits per heavy atom. The van der Waals surface area contributed by atoms with Crippen molar-refractivity contribution in [2.45, 2.75) is 26.0 Å². The molecule has 0 aromatic heterocycles. The van der Waals surface area contributed by atoms with E-state index in [0.29, 0.717) is 28.6 Å². The molecule has 0 bridgehead atoms. The Kier molecular flexibility index (Phi) is 6.75. The molecule has 154 valence electrons. The first-order valence-corrected chi connectivity index (χ1v) is 9.90. The number of carbonyl (C=O) groups is 2. The Morgan fingerprint density at radius 2 is 1.53 bits per heavy atom. The molecule has 2 N–H and O–H groups in total. The van der Waals surface area contributed by atoms with Crippen LogP contribution in [0.5, 0.6) is 5.75 Å². The molecule has 0 aliphatic rings. The summed E-state index contributed by atoms with van der Waals surface area (Å²) in [4.78, 5) is 25.6. The summed E-state index contributed by atoms with van der Waals surface area (Å²) in [5.74, 6) is -0.125. The summed E-state index contributed by atoms with van der Waals surface area (Å²) in [6, 6.07) is 23.3. The molecule has 3 aromatic carbocycles. The Labute approximate surface area is 181 Å². The van der Waals surface area contributed by atoms with Crippen LogP contribution in [0.3, 0.4) is 0 Å². The van der Waals surface area contributed by atoms with Crippen molar-refractivity contribution < 1.29 is 14.3 Å². The predicted molar refractivity (Wildman–Crippen MR) is 119 cm³/mol. The summed E-state index contributed by atoms with van der Waals surface area (Å²) in [5, 5.41) is 6.27. The van der Waals surface area contributed by atoms with Gasteiger partial charge in [0.2, 0.25) is 0 Å². The van der Waals surface area contributed by atoms with Crippen LogP contribution in [0.1, 0.15) is 29.8 Å². The number of carbonyl (C=O) groups excluding carboxylic acids is 2. The Bertz CT molecular complexity index is 1020. The van der Waals surface area contributed by atoms with Crippen LogP contribution in [0.15, 0.2) is 78.9 Å². The minimum absolute atomic E-state index is 0.272. The van der Waals surface area contributed by atoms with Gasteiger partial charge in [0, 0.05) is 11.6 Å². The number of hydrogen-bond acceptors (Lipinski definition) is 3. The minimum Gasteiger partial charge on any atom is -0.478 e. The van der Waals surface area contributed by atoms with Gasteiger partial charge in [0.05, 0.1) is 11.3 Å². The van der Waals surface area contributed by atoms with Gasteiger partial charge in [-0.15, -0.1) is 0 Å². The maximum absolute atomic E-state index is 12.9. The molecule has 30 heavy (non-hydrogen) atoms. The van der Waals surface area contributed by atoms with Gasteiger partial charge in [0.15, 0.2) is 5.60 Å². The molecule has 0 saturated heterocycles. The van der Waals surface area contributed by atoms with Crippen molar-refractivity contribution in [2.24, 2.45) is 0 Å². The minimum atomic E-state index is -1.17. The number of anilines is 1. The fourth-order valence-corrected chi connectivity index (χ4v) is 2.91. The maximum atomic E-state index is 12.9. The zero-order valence-corrected chi connectivity index (χ0v) is 17.6. The van der Waals surface area contributed by atoms with Gasteiger partial charge in [0.25, 0.3) is 11.8 Å². The normalized spacial score (nSPS) is 10.9. The highest BCUT2D eigenvalue weighted by atomic mass is 35.5. The van der Waals surface area contributed by atoms with E-state index in [4.69, 9.17) is 16.3 Å². The number of hydrogen-bond donors (Lipinski definition) is 2. The SMILES string of the molecule is CC(C)(Oc1ccc(Cl)cc1)C(=O)Nc1ccccc1C(=O)NCc1ccccc1. The van der Waals surface area contributed by atoms with Gasteiger partial charge >= 0.3 is 0 Å². The average Bonchev–Trinajstić information content (AvgIpc) is 2.74. The van der Waals surface area contributed by atoms with Crippen molar-refractivity contribution in [1.29, 1.82) is 0 Å². The molecule has 5 nitrogen and oxygen atoms in total. The topological polar surface area (TPSA) is 67.4 Å². The van der Waals surface area contributed by atoms with Gasteiger partial charge in [-0.3, -0.25) is 9.59 Å². The lowest BCUT2D eigenvalue weighted by atomic mass is 10.1. The molecular formula is C24H23ClN2O3. The van der Waals surface area contributed by atoms with E-state index in [2.05, 4.69) is 10.6 Å². The van der Waals surface area contributed by atoms with Crippen molar-refractivity contribution in [3.05, 3.63) is 95.0 Å². The largest absolute Gasteiger partial charge is 0.478 e. The zero-order valence-electron chi connectivity index (χ0n) is 16.8. The van der Waals surface area contributed by atoms with Crippen molar-refractivity contribution in [2.75, 3.05) is 5.32 Å². The number of amides is 2. The second-order valence-corrected chi connectivity index (χ2v) is 7.67. The highest BCUT2D eigenvalue weighted by Gasteiger charge is 2.31. The number of ether oxygens (including phenoxy) is 1. The molecule has 0 fully saturated rings. The van der Waals surface area contributed by atoms with E-state index in [0.717, 1.165) is 5.56 Å². The number of benzene rings is 3. The first kappa shape index (κ1) is 21.4.